The summed E-state index contributed by atoms with van der Waals surface area (Å²) in [6.07, 6.45) is 15.7. The van der Waals surface area contributed by atoms with Crippen LogP contribution in [0.25, 0.3) is 0 Å². The quantitative estimate of drug-likeness (QED) is 0.206. The maximum atomic E-state index is 11.2. The summed E-state index contributed by atoms with van der Waals surface area (Å²) in [6, 6.07) is 0. The minimum Gasteiger partial charge on any atom is -0.469 e. The number of unbranched alkanes of at least 4 members (excludes halogenated alkanes) is 7. The molecule has 0 aromatic carbocycles. The number of hydrogen-bond acceptors (Lipinski definition) is 5. The lowest BCUT2D eigenvalue weighted by Gasteiger charge is -2.16. The topological polar surface area (TPSA) is 57.3 Å². The molecule has 0 N–H and O–H groups in total. The molecular formula is C23H42O5. The number of ether oxygens (including phenoxy) is 4. The van der Waals surface area contributed by atoms with Crippen LogP contribution in [0.4, 0.5) is 0 Å². The summed E-state index contributed by atoms with van der Waals surface area (Å²) in [4.78, 5) is 11.2. The third-order valence-corrected chi connectivity index (χ3v) is 5.91. The van der Waals surface area contributed by atoms with Gasteiger partial charge in [0.05, 0.1) is 31.5 Å². The van der Waals surface area contributed by atoms with E-state index in [4.69, 9.17) is 14.2 Å². The highest BCUT2D eigenvalue weighted by atomic mass is 16.7. The minimum absolute atomic E-state index is 0.157. The van der Waals surface area contributed by atoms with Crippen molar-refractivity contribution in [3.8, 4) is 0 Å². The van der Waals surface area contributed by atoms with Crippen LogP contribution in [0, 0.1) is 0 Å². The van der Waals surface area contributed by atoms with Gasteiger partial charge >= 0.3 is 5.97 Å². The van der Waals surface area contributed by atoms with Crippen LogP contribution >= 0.6 is 0 Å². The maximum Gasteiger partial charge on any atom is 0.305 e. The molecule has 5 heteroatoms. The van der Waals surface area contributed by atoms with E-state index < -0.39 is 5.79 Å². The second-order valence-electron chi connectivity index (χ2n) is 8.88. The Morgan fingerprint density at radius 3 is 1.96 bits per heavy atom. The predicted molar refractivity (Wildman–Crippen MR) is 110 cm³/mol. The second kappa shape index (κ2) is 12.1. The van der Waals surface area contributed by atoms with E-state index in [-0.39, 0.29) is 30.4 Å². The molecule has 2 aliphatic rings. The van der Waals surface area contributed by atoms with Gasteiger partial charge in [0.25, 0.3) is 0 Å². The van der Waals surface area contributed by atoms with E-state index in [1.807, 2.05) is 13.8 Å². The van der Waals surface area contributed by atoms with E-state index in [9.17, 15) is 4.79 Å². The summed E-state index contributed by atoms with van der Waals surface area (Å²) in [6.45, 7) is 6.29. The Kier molecular flexibility index (Phi) is 10.2. The molecular weight excluding hydrogens is 356 g/mol. The van der Waals surface area contributed by atoms with Crippen LogP contribution in [0.1, 0.15) is 104 Å². The third-order valence-electron chi connectivity index (χ3n) is 5.91. The zero-order valence-corrected chi connectivity index (χ0v) is 18.5. The molecule has 0 spiro atoms. The zero-order chi connectivity index (χ0) is 20.4. The number of rotatable bonds is 15. The molecule has 0 aromatic rings. The molecule has 164 valence electrons. The van der Waals surface area contributed by atoms with Crippen LogP contribution in [0.2, 0.25) is 0 Å². The fourth-order valence-electron chi connectivity index (χ4n) is 4.26. The van der Waals surface area contributed by atoms with Crippen LogP contribution in [-0.4, -0.2) is 43.3 Å². The first kappa shape index (κ1) is 23.6. The lowest BCUT2D eigenvalue weighted by molar-refractivity contribution is -0.147. The van der Waals surface area contributed by atoms with E-state index >= 15 is 0 Å². The lowest BCUT2D eigenvalue weighted by atomic mass is 9.99. The highest BCUT2D eigenvalue weighted by Gasteiger charge is 2.43. The molecule has 2 heterocycles. The van der Waals surface area contributed by atoms with Crippen LogP contribution in [0.15, 0.2) is 0 Å². The average molecular weight is 399 g/mol. The Labute approximate surface area is 171 Å². The zero-order valence-electron chi connectivity index (χ0n) is 18.5. The minimum atomic E-state index is -0.482. The van der Waals surface area contributed by atoms with Gasteiger partial charge in [-0.3, -0.25) is 4.79 Å². The van der Waals surface area contributed by atoms with Crippen molar-refractivity contribution in [2.24, 2.45) is 0 Å². The van der Waals surface area contributed by atoms with Gasteiger partial charge in [-0.15, -0.1) is 0 Å². The van der Waals surface area contributed by atoms with Gasteiger partial charge < -0.3 is 18.9 Å². The first-order chi connectivity index (χ1) is 13.4. The molecule has 0 saturated carbocycles. The van der Waals surface area contributed by atoms with E-state index in [1.54, 1.807) is 0 Å². The van der Waals surface area contributed by atoms with Crippen molar-refractivity contribution in [3.63, 3.8) is 0 Å². The van der Waals surface area contributed by atoms with Gasteiger partial charge in [-0.1, -0.05) is 58.3 Å². The molecule has 28 heavy (non-hydrogen) atoms. The average Bonchev–Trinajstić information content (AvgIpc) is 3.35. The van der Waals surface area contributed by atoms with Gasteiger partial charge in [0.15, 0.2) is 5.79 Å². The van der Waals surface area contributed by atoms with Crippen molar-refractivity contribution >= 4 is 5.97 Å². The molecule has 0 aromatic heterocycles. The Morgan fingerprint density at radius 2 is 1.32 bits per heavy atom. The number of hydrogen-bond donors (Lipinski definition) is 0. The van der Waals surface area contributed by atoms with E-state index in [2.05, 4.69) is 11.7 Å². The van der Waals surface area contributed by atoms with Crippen LogP contribution in [-0.2, 0) is 23.7 Å². The second-order valence-corrected chi connectivity index (χ2v) is 8.88. The Morgan fingerprint density at radius 1 is 0.786 bits per heavy atom. The molecule has 0 aliphatic carbocycles. The molecule has 0 unspecified atom stereocenters. The molecule has 0 radical (unpaired) electrons. The van der Waals surface area contributed by atoms with Crippen LogP contribution < -0.4 is 0 Å². The summed E-state index contributed by atoms with van der Waals surface area (Å²) in [5, 5.41) is 0. The lowest BCUT2D eigenvalue weighted by Crippen LogP contribution is -2.23. The number of carbonyl (C=O) groups excluding carboxylic acids is 1. The normalized spacial score (nSPS) is 28.4. The van der Waals surface area contributed by atoms with Crippen molar-refractivity contribution in [1.82, 2.24) is 0 Å². The first-order valence-electron chi connectivity index (χ1n) is 11.5. The molecule has 2 saturated heterocycles. The SMILES string of the molecule is CCCCCCCCCC[C@H]1OC(C)(C)O[C@@H]1CC[C@@H]1O[C@@H]1CCC(=O)OC. The highest BCUT2D eigenvalue weighted by molar-refractivity contribution is 5.69. The molecule has 4 atom stereocenters. The monoisotopic (exact) mass is 398 g/mol. The van der Waals surface area contributed by atoms with Crippen molar-refractivity contribution in [1.29, 1.82) is 0 Å². The summed E-state index contributed by atoms with van der Waals surface area (Å²) >= 11 is 0. The van der Waals surface area contributed by atoms with Crippen molar-refractivity contribution in [3.05, 3.63) is 0 Å². The predicted octanol–water partition coefficient (Wildman–Crippen LogP) is 5.54. The number of carbonyl (C=O) groups is 1. The van der Waals surface area contributed by atoms with Gasteiger partial charge in [0, 0.05) is 6.42 Å². The first-order valence-corrected chi connectivity index (χ1v) is 11.5. The smallest absolute Gasteiger partial charge is 0.305 e. The van der Waals surface area contributed by atoms with Gasteiger partial charge in [-0.05, 0) is 39.5 Å². The van der Waals surface area contributed by atoms with Crippen molar-refractivity contribution < 1.29 is 23.7 Å². The molecule has 0 bridgehead atoms. The number of methoxy groups -OCH3 is 1. The van der Waals surface area contributed by atoms with Gasteiger partial charge in [0.1, 0.15) is 0 Å². The van der Waals surface area contributed by atoms with Crippen LogP contribution in [0.5, 0.6) is 0 Å². The summed E-state index contributed by atoms with van der Waals surface area (Å²) in [7, 11) is 1.43. The molecule has 5 nitrogen and oxygen atoms in total. The Balaban J connectivity index is 1.59. The third kappa shape index (κ3) is 8.79. The van der Waals surface area contributed by atoms with Crippen molar-refractivity contribution in [2.45, 2.75) is 134 Å². The summed E-state index contributed by atoms with van der Waals surface area (Å²) in [5.41, 5.74) is 0. The Bertz CT molecular complexity index is 450. The van der Waals surface area contributed by atoms with Crippen LogP contribution in [0.3, 0.4) is 0 Å². The molecule has 2 rings (SSSR count). The van der Waals surface area contributed by atoms with E-state index in [1.165, 1.54) is 58.5 Å². The van der Waals surface area contributed by atoms with Gasteiger partial charge in [-0.25, -0.2) is 0 Å². The fourth-order valence-corrected chi connectivity index (χ4v) is 4.26. The molecule has 0 amide bonds. The highest BCUT2D eigenvalue weighted by Crippen LogP contribution is 2.37. The number of epoxide rings is 1. The molecule has 2 aliphatic heterocycles. The van der Waals surface area contributed by atoms with E-state index in [0.717, 1.165) is 25.7 Å². The van der Waals surface area contributed by atoms with E-state index in [0.29, 0.717) is 6.42 Å². The Hall–Kier alpha value is -0.650. The van der Waals surface area contributed by atoms with Gasteiger partial charge in [0.2, 0.25) is 0 Å². The summed E-state index contributed by atoms with van der Waals surface area (Å²) < 4.78 is 22.7. The maximum absolute atomic E-state index is 11.2. The standard InChI is InChI=1S/C23H42O5/c1-5-6-7-8-9-10-11-12-13-20-21(28-23(2,3)27-20)15-14-18-19(26-18)16-17-22(24)25-4/h18-21H,5-17H2,1-4H3/t18-,19+,20+,21+/m0/s1. The molecule has 2 fully saturated rings. The fraction of sp³-hybridized carbons (Fsp3) is 0.957. The van der Waals surface area contributed by atoms with Crippen molar-refractivity contribution in [2.75, 3.05) is 7.11 Å². The number of esters is 1. The largest absolute Gasteiger partial charge is 0.469 e. The summed E-state index contributed by atoms with van der Waals surface area (Å²) in [5.74, 6) is -0.640. The van der Waals surface area contributed by atoms with Gasteiger partial charge in [-0.2, -0.15) is 0 Å².